The molecule has 4 aromatic rings. The zero-order chi connectivity index (χ0) is 23.7. The van der Waals surface area contributed by atoms with E-state index in [0.29, 0.717) is 22.6 Å². The Balaban J connectivity index is 1.65. The lowest BCUT2D eigenvalue weighted by Crippen LogP contribution is -2.44. The van der Waals surface area contributed by atoms with Crippen molar-refractivity contribution < 1.29 is 4.79 Å². The minimum atomic E-state index is -0.744. The zero-order valence-electron chi connectivity index (χ0n) is 18.6. The molecule has 0 aliphatic heterocycles. The van der Waals surface area contributed by atoms with Gasteiger partial charge in [-0.05, 0) is 43.7 Å². The topological polar surface area (TPSA) is 90.9 Å². The zero-order valence-corrected chi connectivity index (χ0v) is 19.4. The second-order valence-corrected chi connectivity index (χ2v) is 8.38. The summed E-state index contributed by atoms with van der Waals surface area (Å²) in [5.74, 6) is -0.361. The highest BCUT2D eigenvalue weighted by Crippen LogP contribution is 2.15. The molecule has 0 spiro atoms. The van der Waals surface area contributed by atoms with Crippen LogP contribution in [0.4, 0.5) is 0 Å². The van der Waals surface area contributed by atoms with Crippen molar-refractivity contribution in [2.45, 2.75) is 33.5 Å². The van der Waals surface area contributed by atoms with Crippen molar-refractivity contribution in [3.63, 3.8) is 0 Å². The average molecular weight is 466 g/mol. The highest BCUT2D eigenvalue weighted by molar-refractivity contribution is 6.30. The molecule has 33 heavy (non-hydrogen) atoms. The van der Waals surface area contributed by atoms with Crippen LogP contribution in [0.15, 0.2) is 58.1 Å². The highest BCUT2D eigenvalue weighted by atomic mass is 35.5. The largest absolute Gasteiger partial charge is 0.350 e. The molecule has 1 amide bonds. The van der Waals surface area contributed by atoms with E-state index in [-0.39, 0.29) is 19.0 Å². The molecule has 0 bridgehead atoms. The monoisotopic (exact) mass is 465 g/mol. The SMILES string of the molecule is Cc1nn(C)c(C)c1CNC(=O)Cn1c(=O)c(=O)n(Cc2ccc(Cl)cc2)c2ccccc21. The predicted octanol–water partition coefficient (Wildman–Crippen LogP) is 2.53. The van der Waals surface area contributed by atoms with Gasteiger partial charge >= 0.3 is 11.1 Å². The number of nitrogens with zero attached hydrogens (tertiary/aromatic N) is 4. The van der Waals surface area contributed by atoms with E-state index in [4.69, 9.17) is 11.6 Å². The summed E-state index contributed by atoms with van der Waals surface area (Å²) in [6.45, 7) is 4.07. The van der Waals surface area contributed by atoms with Crippen molar-refractivity contribution in [1.29, 1.82) is 0 Å². The molecule has 0 saturated heterocycles. The van der Waals surface area contributed by atoms with E-state index in [2.05, 4.69) is 10.4 Å². The van der Waals surface area contributed by atoms with Gasteiger partial charge in [-0.1, -0.05) is 35.9 Å². The second kappa shape index (κ2) is 9.07. The van der Waals surface area contributed by atoms with Crippen molar-refractivity contribution in [3.8, 4) is 0 Å². The van der Waals surface area contributed by atoms with Crippen molar-refractivity contribution in [2.75, 3.05) is 0 Å². The molecule has 8 nitrogen and oxygen atoms in total. The quantitative estimate of drug-likeness (QED) is 0.443. The molecule has 2 aromatic heterocycles. The number of aryl methyl sites for hydroxylation is 2. The molecule has 0 radical (unpaired) electrons. The Morgan fingerprint density at radius 3 is 2.18 bits per heavy atom. The summed E-state index contributed by atoms with van der Waals surface area (Å²) in [5.41, 5.74) is 3.22. The number of hydrogen-bond donors (Lipinski definition) is 1. The van der Waals surface area contributed by atoms with Gasteiger partial charge in [0.15, 0.2) is 0 Å². The van der Waals surface area contributed by atoms with Gasteiger partial charge in [0.1, 0.15) is 6.54 Å². The van der Waals surface area contributed by atoms with Crippen LogP contribution in [0.1, 0.15) is 22.5 Å². The van der Waals surface area contributed by atoms with E-state index < -0.39 is 11.1 Å². The molecule has 0 unspecified atom stereocenters. The number of halogens is 1. The van der Waals surface area contributed by atoms with Gasteiger partial charge in [-0.25, -0.2) is 0 Å². The van der Waals surface area contributed by atoms with Crippen LogP contribution in [0, 0.1) is 13.8 Å². The third-order valence-electron chi connectivity index (χ3n) is 5.81. The maximum atomic E-state index is 13.0. The second-order valence-electron chi connectivity index (χ2n) is 7.95. The Morgan fingerprint density at radius 1 is 0.970 bits per heavy atom. The van der Waals surface area contributed by atoms with Gasteiger partial charge in [-0.3, -0.25) is 28.2 Å². The van der Waals surface area contributed by atoms with E-state index in [9.17, 15) is 14.4 Å². The highest BCUT2D eigenvalue weighted by Gasteiger charge is 2.16. The molecule has 2 aromatic carbocycles. The Kier molecular flexibility index (Phi) is 6.20. The maximum absolute atomic E-state index is 13.0. The number of amides is 1. The fourth-order valence-corrected chi connectivity index (χ4v) is 4.04. The standard InChI is InChI=1S/C24H24ClN5O3/c1-15-19(16(2)28(3)27-15)12-26-22(31)14-30-21-7-5-4-6-20(21)29(23(32)24(30)33)13-17-8-10-18(25)11-9-17/h4-11H,12-14H2,1-3H3,(H,26,31). The van der Waals surface area contributed by atoms with Crippen LogP contribution < -0.4 is 16.4 Å². The van der Waals surface area contributed by atoms with Gasteiger partial charge < -0.3 is 5.32 Å². The fraction of sp³-hybridized carbons (Fsp3) is 0.250. The predicted molar refractivity (Wildman–Crippen MR) is 128 cm³/mol. The number of rotatable bonds is 6. The van der Waals surface area contributed by atoms with Gasteiger partial charge in [-0.2, -0.15) is 5.10 Å². The van der Waals surface area contributed by atoms with E-state index in [1.807, 2.05) is 33.0 Å². The van der Waals surface area contributed by atoms with Crippen molar-refractivity contribution in [3.05, 3.63) is 96.8 Å². The van der Waals surface area contributed by atoms with E-state index >= 15 is 0 Å². The van der Waals surface area contributed by atoms with Crippen LogP contribution >= 0.6 is 11.6 Å². The van der Waals surface area contributed by atoms with Gasteiger partial charge in [0.2, 0.25) is 5.91 Å². The third kappa shape index (κ3) is 4.47. The fourth-order valence-electron chi connectivity index (χ4n) is 3.92. The maximum Gasteiger partial charge on any atom is 0.317 e. The summed E-state index contributed by atoms with van der Waals surface area (Å²) in [6, 6.07) is 14.2. The Labute approximate surface area is 195 Å². The third-order valence-corrected chi connectivity index (χ3v) is 6.07. The minimum absolute atomic E-state index is 0.221. The summed E-state index contributed by atoms with van der Waals surface area (Å²) < 4.78 is 4.42. The molecule has 2 heterocycles. The molecular formula is C24H24ClN5O3. The first kappa shape index (κ1) is 22.5. The lowest BCUT2D eigenvalue weighted by molar-refractivity contribution is -0.121. The number of fused-ring (bicyclic) bond motifs is 1. The Bertz CT molecular complexity index is 1460. The van der Waals surface area contributed by atoms with Gasteiger partial charge in [-0.15, -0.1) is 0 Å². The van der Waals surface area contributed by atoms with E-state index in [0.717, 1.165) is 22.5 Å². The first-order valence-electron chi connectivity index (χ1n) is 10.5. The number of nitrogens with one attached hydrogen (secondary N) is 1. The van der Waals surface area contributed by atoms with Crippen LogP contribution in [0.25, 0.3) is 11.0 Å². The average Bonchev–Trinajstić information content (AvgIpc) is 3.04. The Hall–Kier alpha value is -3.65. The minimum Gasteiger partial charge on any atom is -0.350 e. The molecule has 170 valence electrons. The number of hydrogen-bond acceptors (Lipinski definition) is 4. The lowest BCUT2D eigenvalue weighted by atomic mass is 10.2. The van der Waals surface area contributed by atoms with Gasteiger partial charge in [0.25, 0.3) is 0 Å². The Morgan fingerprint density at radius 2 is 1.58 bits per heavy atom. The lowest BCUT2D eigenvalue weighted by Gasteiger charge is -2.15. The van der Waals surface area contributed by atoms with Gasteiger partial charge in [0.05, 0.1) is 23.3 Å². The van der Waals surface area contributed by atoms with Gasteiger partial charge in [0, 0.05) is 29.9 Å². The van der Waals surface area contributed by atoms with Crippen LogP contribution in [0.3, 0.4) is 0 Å². The summed E-state index contributed by atoms with van der Waals surface area (Å²) in [7, 11) is 1.85. The van der Waals surface area contributed by atoms with Crippen LogP contribution in [-0.4, -0.2) is 24.8 Å². The number of aromatic nitrogens is 4. The first-order valence-corrected chi connectivity index (χ1v) is 10.9. The number of benzene rings is 2. The molecule has 0 aliphatic carbocycles. The molecule has 0 atom stereocenters. The van der Waals surface area contributed by atoms with Crippen LogP contribution in [-0.2, 0) is 31.5 Å². The molecule has 9 heteroatoms. The molecular weight excluding hydrogens is 442 g/mol. The van der Waals surface area contributed by atoms with Crippen molar-refractivity contribution in [1.82, 2.24) is 24.2 Å². The number of carbonyl (C=O) groups excluding carboxylic acids is 1. The van der Waals surface area contributed by atoms with E-state index in [1.165, 1.54) is 9.13 Å². The number of para-hydroxylation sites is 2. The molecule has 1 N–H and O–H groups in total. The molecule has 0 fully saturated rings. The van der Waals surface area contributed by atoms with Crippen LogP contribution in [0.5, 0.6) is 0 Å². The van der Waals surface area contributed by atoms with Crippen LogP contribution in [0.2, 0.25) is 5.02 Å². The normalized spacial score (nSPS) is 11.2. The molecule has 0 aliphatic rings. The number of carbonyl (C=O) groups is 1. The summed E-state index contributed by atoms with van der Waals surface area (Å²) >= 11 is 5.95. The van der Waals surface area contributed by atoms with Crippen molar-refractivity contribution >= 4 is 28.5 Å². The van der Waals surface area contributed by atoms with Crippen molar-refractivity contribution in [2.24, 2.45) is 7.05 Å². The van der Waals surface area contributed by atoms with E-state index in [1.54, 1.807) is 41.1 Å². The summed E-state index contributed by atoms with van der Waals surface area (Å²) in [5, 5.41) is 7.78. The summed E-state index contributed by atoms with van der Waals surface area (Å²) in [4.78, 5) is 38.7. The first-order chi connectivity index (χ1) is 15.8. The smallest absolute Gasteiger partial charge is 0.317 e. The summed E-state index contributed by atoms with van der Waals surface area (Å²) in [6.07, 6.45) is 0. The molecule has 4 rings (SSSR count). The molecule has 0 saturated carbocycles.